The van der Waals surface area contributed by atoms with Crippen LogP contribution in [0.15, 0.2) is 22.7 Å². The van der Waals surface area contributed by atoms with Gasteiger partial charge in [-0.15, -0.1) is 0 Å². The highest BCUT2D eigenvalue weighted by atomic mass is 79.9. The number of hydrogen-bond acceptors (Lipinski definition) is 2. The minimum atomic E-state index is -0.338. The molecular formula is C10H9BrFNO. The van der Waals surface area contributed by atoms with Gasteiger partial charge in [0, 0.05) is 17.0 Å². The predicted molar refractivity (Wildman–Crippen MR) is 54.4 cm³/mol. The predicted octanol–water partition coefficient (Wildman–Crippen LogP) is 3.27. The normalized spacial score (nSPS) is 9.50. The third-order valence-electron chi connectivity index (χ3n) is 1.54. The molecule has 0 saturated carbocycles. The second-order valence-electron chi connectivity index (χ2n) is 2.72. The molecule has 14 heavy (non-hydrogen) atoms. The lowest BCUT2D eigenvalue weighted by Gasteiger charge is -2.04. The van der Waals surface area contributed by atoms with E-state index in [1.54, 1.807) is 6.07 Å². The topological polar surface area (TPSA) is 33.0 Å². The number of unbranched alkanes of at least 4 members (excludes halogenated alkanes) is 1. The Balaban J connectivity index is 2.47. The van der Waals surface area contributed by atoms with Crippen LogP contribution in [0.1, 0.15) is 12.8 Å². The summed E-state index contributed by atoms with van der Waals surface area (Å²) in [6, 6.07) is 6.38. The Morgan fingerprint density at radius 3 is 2.86 bits per heavy atom. The molecule has 0 atom stereocenters. The lowest BCUT2D eigenvalue weighted by atomic mass is 10.3. The molecule has 0 aliphatic heterocycles. The van der Waals surface area contributed by atoms with Crippen LogP contribution in [0.4, 0.5) is 4.39 Å². The van der Waals surface area contributed by atoms with Crippen LogP contribution in [0.25, 0.3) is 0 Å². The van der Waals surface area contributed by atoms with Crippen molar-refractivity contribution in [2.75, 3.05) is 6.61 Å². The lowest BCUT2D eigenvalue weighted by molar-refractivity contribution is 0.311. The summed E-state index contributed by atoms with van der Waals surface area (Å²) < 4.78 is 18.7. The molecule has 0 unspecified atom stereocenters. The van der Waals surface area contributed by atoms with Crippen molar-refractivity contribution in [1.29, 1.82) is 5.26 Å². The van der Waals surface area contributed by atoms with Gasteiger partial charge in [0.15, 0.2) is 0 Å². The second kappa shape index (κ2) is 5.61. The SMILES string of the molecule is N#CCCCOc1cc(F)cc(Br)c1. The van der Waals surface area contributed by atoms with Crippen molar-refractivity contribution < 1.29 is 9.13 Å². The fraction of sp³-hybridized carbons (Fsp3) is 0.300. The van der Waals surface area contributed by atoms with Crippen LogP contribution in [0.5, 0.6) is 5.75 Å². The first-order valence-corrected chi connectivity index (χ1v) is 4.97. The first kappa shape index (κ1) is 11.0. The van der Waals surface area contributed by atoms with Gasteiger partial charge >= 0.3 is 0 Å². The van der Waals surface area contributed by atoms with Crippen LogP contribution in [0.3, 0.4) is 0 Å². The van der Waals surface area contributed by atoms with Crippen LogP contribution in [0.2, 0.25) is 0 Å². The van der Waals surface area contributed by atoms with Crippen LogP contribution in [-0.2, 0) is 0 Å². The Morgan fingerprint density at radius 2 is 2.21 bits per heavy atom. The maximum absolute atomic E-state index is 12.8. The summed E-state index contributed by atoms with van der Waals surface area (Å²) in [6.07, 6.45) is 1.11. The molecule has 0 heterocycles. The minimum absolute atomic E-state index is 0.338. The van der Waals surface area contributed by atoms with Gasteiger partial charge in [0.1, 0.15) is 11.6 Å². The minimum Gasteiger partial charge on any atom is -0.493 e. The molecule has 74 valence electrons. The van der Waals surface area contributed by atoms with Gasteiger partial charge in [-0.25, -0.2) is 4.39 Å². The van der Waals surface area contributed by atoms with Gasteiger partial charge in [-0.1, -0.05) is 15.9 Å². The van der Waals surface area contributed by atoms with Gasteiger partial charge in [0.2, 0.25) is 0 Å². The molecule has 0 fully saturated rings. The molecule has 0 aliphatic carbocycles. The molecule has 0 amide bonds. The van der Waals surface area contributed by atoms with Gasteiger partial charge in [-0.2, -0.15) is 5.26 Å². The summed E-state index contributed by atoms with van der Waals surface area (Å²) in [5.74, 6) is 0.143. The average Bonchev–Trinajstić information content (AvgIpc) is 2.11. The molecule has 1 rings (SSSR count). The van der Waals surface area contributed by atoms with Crippen LogP contribution in [0, 0.1) is 17.1 Å². The fourth-order valence-electron chi connectivity index (χ4n) is 0.953. The zero-order valence-corrected chi connectivity index (χ0v) is 9.05. The Bertz CT molecular complexity index is 328. The smallest absolute Gasteiger partial charge is 0.128 e. The van der Waals surface area contributed by atoms with Gasteiger partial charge in [-0.05, 0) is 18.6 Å². The summed E-state index contributed by atoms with van der Waals surface area (Å²) in [4.78, 5) is 0. The fourth-order valence-corrected chi connectivity index (χ4v) is 1.40. The molecule has 0 radical (unpaired) electrons. The van der Waals surface area contributed by atoms with Gasteiger partial charge in [0.25, 0.3) is 0 Å². The van der Waals surface area contributed by atoms with Crippen LogP contribution >= 0.6 is 15.9 Å². The first-order chi connectivity index (χ1) is 6.72. The maximum atomic E-state index is 12.8. The Hall–Kier alpha value is -1.08. The number of ether oxygens (including phenoxy) is 1. The summed E-state index contributed by atoms with van der Waals surface area (Å²) >= 11 is 3.16. The summed E-state index contributed by atoms with van der Waals surface area (Å²) in [6.45, 7) is 0.434. The highest BCUT2D eigenvalue weighted by Crippen LogP contribution is 2.20. The van der Waals surface area contributed by atoms with Crippen molar-refractivity contribution in [3.05, 3.63) is 28.5 Å². The molecule has 0 spiro atoms. The zero-order valence-electron chi connectivity index (χ0n) is 7.46. The Kier molecular flexibility index (Phi) is 4.41. The van der Waals surface area contributed by atoms with Crippen molar-refractivity contribution >= 4 is 15.9 Å². The summed E-state index contributed by atoms with van der Waals surface area (Å²) in [7, 11) is 0. The summed E-state index contributed by atoms with van der Waals surface area (Å²) in [5, 5.41) is 8.28. The van der Waals surface area contributed by atoms with E-state index in [0.29, 0.717) is 29.7 Å². The van der Waals surface area contributed by atoms with E-state index in [0.717, 1.165) is 0 Å². The number of halogens is 2. The molecule has 0 bridgehead atoms. The number of nitriles is 1. The van der Waals surface area contributed by atoms with E-state index in [2.05, 4.69) is 15.9 Å². The number of benzene rings is 1. The third-order valence-corrected chi connectivity index (χ3v) is 2.00. The number of rotatable bonds is 4. The molecule has 0 aliphatic rings. The number of hydrogen-bond donors (Lipinski definition) is 0. The van der Waals surface area contributed by atoms with E-state index in [9.17, 15) is 4.39 Å². The van der Waals surface area contributed by atoms with E-state index in [4.69, 9.17) is 10.00 Å². The monoisotopic (exact) mass is 257 g/mol. The van der Waals surface area contributed by atoms with Crippen LogP contribution in [-0.4, -0.2) is 6.61 Å². The van der Waals surface area contributed by atoms with Crippen molar-refractivity contribution in [1.82, 2.24) is 0 Å². The maximum Gasteiger partial charge on any atom is 0.128 e. The second-order valence-corrected chi connectivity index (χ2v) is 3.63. The van der Waals surface area contributed by atoms with E-state index in [1.807, 2.05) is 6.07 Å². The van der Waals surface area contributed by atoms with Crippen molar-refractivity contribution in [3.63, 3.8) is 0 Å². The van der Waals surface area contributed by atoms with E-state index in [1.165, 1.54) is 12.1 Å². The first-order valence-electron chi connectivity index (χ1n) is 4.18. The van der Waals surface area contributed by atoms with E-state index < -0.39 is 0 Å². The molecule has 0 N–H and O–H groups in total. The molecule has 0 saturated heterocycles. The summed E-state index contributed by atoms with van der Waals surface area (Å²) in [5.41, 5.74) is 0. The zero-order chi connectivity index (χ0) is 10.4. The highest BCUT2D eigenvalue weighted by Gasteiger charge is 1.99. The van der Waals surface area contributed by atoms with Gasteiger partial charge in [0.05, 0.1) is 12.7 Å². The van der Waals surface area contributed by atoms with E-state index >= 15 is 0 Å². The van der Waals surface area contributed by atoms with E-state index in [-0.39, 0.29) is 5.82 Å². The van der Waals surface area contributed by atoms with Crippen molar-refractivity contribution in [3.8, 4) is 11.8 Å². The molecule has 1 aromatic carbocycles. The Morgan fingerprint density at radius 1 is 1.43 bits per heavy atom. The van der Waals surface area contributed by atoms with Gasteiger partial charge < -0.3 is 4.74 Å². The standard InChI is InChI=1S/C10H9BrFNO/c11-8-5-9(12)7-10(6-8)14-4-2-1-3-13/h5-7H,1-2,4H2. The van der Waals surface area contributed by atoms with Crippen LogP contribution < -0.4 is 4.74 Å². The Labute approximate surface area is 90.4 Å². The highest BCUT2D eigenvalue weighted by molar-refractivity contribution is 9.10. The molecule has 4 heteroatoms. The lowest BCUT2D eigenvalue weighted by Crippen LogP contribution is -1.96. The number of nitrogens with zero attached hydrogens (tertiary/aromatic N) is 1. The van der Waals surface area contributed by atoms with Crippen molar-refractivity contribution in [2.24, 2.45) is 0 Å². The molecule has 0 aromatic heterocycles. The molecule has 2 nitrogen and oxygen atoms in total. The quantitative estimate of drug-likeness (QED) is 0.776. The molecular weight excluding hydrogens is 249 g/mol. The average molecular weight is 258 g/mol. The molecule has 1 aromatic rings. The largest absolute Gasteiger partial charge is 0.493 e. The third kappa shape index (κ3) is 3.75. The van der Waals surface area contributed by atoms with Gasteiger partial charge in [-0.3, -0.25) is 0 Å². The van der Waals surface area contributed by atoms with Crippen molar-refractivity contribution in [2.45, 2.75) is 12.8 Å².